The van der Waals surface area contributed by atoms with Gasteiger partial charge in [-0.25, -0.2) is 14.5 Å². The van der Waals surface area contributed by atoms with Gasteiger partial charge in [-0.05, 0) is 67.9 Å². The summed E-state index contributed by atoms with van der Waals surface area (Å²) >= 11 is 1.22. The number of amides is 1. The van der Waals surface area contributed by atoms with E-state index in [-0.39, 0.29) is 11.5 Å². The second kappa shape index (κ2) is 9.07. The van der Waals surface area contributed by atoms with Crippen LogP contribution in [0.2, 0.25) is 0 Å². The van der Waals surface area contributed by atoms with E-state index in [1.54, 1.807) is 37.5 Å². The summed E-state index contributed by atoms with van der Waals surface area (Å²) < 4.78 is 1.48. The molecule has 5 rings (SSSR count). The molecule has 0 bridgehead atoms. The third kappa shape index (κ3) is 4.15. The number of nitrogens with one attached hydrogen (secondary N) is 1. The first-order valence-electron chi connectivity index (χ1n) is 10.8. The lowest BCUT2D eigenvalue weighted by atomic mass is 10.2. The molecule has 0 aliphatic carbocycles. The molecule has 2 aromatic carbocycles. The van der Waals surface area contributed by atoms with Crippen LogP contribution in [-0.4, -0.2) is 30.7 Å². The Kier molecular flexibility index (Phi) is 5.81. The van der Waals surface area contributed by atoms with Crippen molar-refractivity contribution in [3.05, 3.63) is 95.0 Å². The number of hydrogen-bond donors (Lipinski definition) is 1. The molecule has 7 nitrogen and oxygen atoms in total. The zero-order valence-corrected chi connectivity index (χ0v) is 19.4. The van der Waals surface area contributed by atoms with Crippen molar-refractivity contribution in [2.45, 2.75) is 24.3 Å². The number of benzene rings is 2. The summed E-state index contributed by atoms with van der Waals surface area (Å²) in [6.07, 6.45) is 3.38. The van der Waals surface area contributed by atoms with E-state index >= 15 is 0 Å². The van der Waals surface area contributed by atoms with Crippen LogP contribution in [0.25, 0.3) is 27.6 Å². The molecule has 3 heterocycles. The number of para-hydroxylation sites is 1. The van der Waals surface area contributed by atoms with E-state index in [4.69, 9.17) is 4.98 Å². The fourth-order valence-corrected chi connectivity index (χ4v) is 4.61. The van der Waals surface area contributed by atoms with Crippen molar-refractivity contribution in [1.82, 2.24) is 19.5 Å². The number of carbonyl (C=O) groups excluding carboxylic acids is 1. The van der Waals surface area contributed by atoms with Gasteiger partial charge in [-0.2, -0.15) is 0 Å². The van der Waals surface area contributed by atoms with Gasteiger partial charge >= 0.3 is 0 Å². The molecule has 0 spiro atoms. The minimum atomic E-state index is -0.531. The Morgan fingerprint density at radius 3 is 2.59 bits per heavy atom. The Morgan fingerprint density at radius 2 is 1.74 bits per heavy atom. The van der Waals surface area contributed by atoms with Crippen LogP contribution >= 0.6 is 11.8 Å². The van der Waals surface area contributed by atoms with Gasteiger partial charge in [0, 0.05) is 17.8 Å². The fourth-order valence-electron chi connectivity index (χ4n) is 3.69. The van der Waals surface area contributed by atoms with Crippen molar-refractivity contribution in [3.63, 3.8) is 0 Å². The molecule has 1 unspecified atom stereocenters. The first kappa shape index (κ1) is 21.8. The van der Waals surface area contributed by atoms with Crippen LogP contribution in [0.4, 0.5) is 5.69 Å². The zero-order chi connectivity index (χ0) is 23.7. The van der Waals surface area contributed by atoms with Gasteiger partial charge in [0.05, 0.1) is 27.4 Å². The smallest absolute Gasteiger partial charge is 0.267 e. The van der Waals surface area contributed by atoms with Crippen LogP contribution in [0, 0.1) is 6.92 Å². The molecule has 0 aliphatic rings. The molecule has 1 amide bonds. The van der Waals surface area contributed by atoms with Gasteiger partial charge in [0.15, 0.2) is 5.16 Å². The van der Waals surface area contributed by atoms with E-state index in [1.165, 1.54) is 16.3 Å². The molecule has 8 heteroatoms. The lowest BCUT2D eigenvalue weighted by Gasteiger charge is -2.16. The normalized spacial score (nSPS) is 12.1. The first-order chi connectivity index (χ1) is 16.5. The molecule has 3 aromatic heterocycles. The summed E-state index contributed by atoms with van der Waals surface area (Å²) in [5.74, 6) is 0.269. The third-order valence-electron chi connectivity index (χ3n) is 5.43. The van der Waals surface area contributed by atoms with E-state index < -0.39 is 5.25 Å². The number of thioether (sulfide) groups is 1. The quantitative estimate of drug-likeness (QED) is 0.296. The minimum Gasteiger partial charge on any atom is -0.324 e. The average molecular weight is 468 g/mol. The first-order valence-corrected chi connectivity index (χ1v) is 11.7. The molecular formula is C26H21N5O2S. The number of hydrogen-bond acceptors (Lipinski definition) is 6. The average Bonchev–Trinajstić information content (AvgIpc) is 2.84. The summed E-state index contributed by atoms with van der Waals surface area (Å²) in [5, 5.41) is 4.23. The van der Waals surface area contributed by atoms with Crippen LogP contribution in [0.1, 0.15) is 12.5 Å². The minimum absolute atomic E-state index is 0.201. The Hall–Kier alpha value is -4.04. The second-order valence-electron chi connectivity index (χ2n) is 7.87. The molecular weight excluding hydrogens is 446 g/mol. The number of pyridine rings is 2. The predicted octanol–water partition coefficient (Wildman–Crippen LogP) is 4.76. The van der Waals surface area contributed by atoms with Crippen LogP contribution in [0.3, 0.4) is 0 Å². The number of rotatable bonds is 5. The van der Waals surface area contributed by atoms with E-state index in [0.717, 1.165) is 16.5 Å². The highest BCUT2D eigenvalue weighted by Crippen LogP contribution is 2.27. The highest BCUT2D eigenvalue weighted by Gasteiger charge is 2.21. The fraction of sp³-hybridized carbons (Fsp3) is 0.115. The molecule has 1 atom stereocenters. The molecule has 0 fully saturated rings. The Morgan fingerprint density at radius 1 is 0.941 bits per heavy atom. The van der Waals surface area contributed by atoms with Crippen LogP contribution in [-0.2, 0) is 4.79 Å². The number of aryl methyl sites for hydroxylation is 1. The number of nitrogens with zero attached hydrogens (tertiary/aromatic N) is 4. The third-order valence-corrected chi connectivity index (χ3v) is 6.48. The van der Waals surface area contributed by atoms with Gasteiger partial charge < -0.3 is 5.32 Å². The maximum Gasteiger partial charge on any atom is 0.267 e. The molecule has 0 saturated heterocycles. The van der Waals surface area contributed by atoms with Crippen molar-refractivity contribution < 1.29 is 4.79 Å². The van der Waals surface area contributed by atoms with Gasteiger partial charge in [0.25, 0.3) is 5.56 Å². The SMILES string of the molecule is Cc1ccnc(-n2c(SC(C)C(=O)Nc3cccc4ncccc34)nc3ccccc3c2=O)c1. The highest BCUT2D eigenvalue weighted by molar-refractivity contribution is 8.00. The molecule has 0 aliphatic heterocycles. The Bertz CT molecular complexity index is 1590. The number of carbonyl (C=O) groups is 1. The molecule has 168 valence electrons. The Balaban J connectivity index is 1.52. The summed E-state index contributed by atoms with van der Waals surface area (Å²) in [6.45, 7) is 3.73. The van der Waals surface area contributed by atoms with Gasteiger partial charge in [-0.3, -0.25) is 14.6 Å². The standard InChI is InChI=1S/C26H21N5O2S/c1-16-12-14-28-23(15-16)31-25(33)19-7-3-4-9-22(19)30-26(31)34-17(2)24(32)29-21-11-5-10-20-18(21)8-6-13-27-20/h3-15,17H,1-2H3,(H,29,32). The van der Waals surface area contributed by atoms with Crippen LogP contribution < -0.4 is 10.9 Å². The van der Waals surface area contributed by atoms with Crippen molar-refractivity contribution in [2.24, 2.45) is 0 Å². The van der Waals surface area contributed by atoms with Crippen molar-refractivity contribution in [1.29, 1.82) is 0 Å². The topological polar surface area (TPSA) is 89.8 Å². The van der Waals surface area contributed by atoms with Gasteiger partial charge in [-0.15, -0.1) is 0 Å². The van der Waals surface area contributed by atoms with E-state index in [9.17, 15) is 9.59 Å². The molecule has 0 radical (unpaired) electrons. The van der Waals surface area contributed by atoms with E-state index in [2.05, 4.69) is 15.3 Å². The van der Waals surface area contributed by atoms with Crippen LogP contribution in [0.5, 0.6) is 0 Å². The summed E-state index contributed by atoms with van der Waals surface area (Å²) in [6, 6.07) is 20.2. The number of aromatic nitrogens is 4. The molecule has 5 aromatic rings. The zero-order valence-electron chi connectivity index (χ0n) is 18.6. The highest BCUT2D eigenvalue weighted by atomic mass is 32.2. The number of fused-ring (bicyclic) bond motifs is 2. The van der Waals surface area contributed by atoms with Crippen molar-refractivity contribution >= 4 is 45.2 Å². The lowest BCUT2D eigenvalue weighted by Crippen LogP contribution is -2.26. The summed E-state index contributed by atoms with van der Waals surface area (Å²) in [4.78, 5) is 40.0. The van der Waals surface area contributed by atoms with Gasteiger partial charge in [0.2, 0.25) is 5.91 Å². The summed E-state index contributed by atoms with van der Waals surface area (Å²) in [7, 11) is 0. The summed E-state index contributed by atoms with van der Waals surface area (Å²) in [5.41, 5.74) is 2.81. The maximum atomic E-state index is 13.4. The molecule has 0 saturated carbocycles. The van der Waals surface area contributed by atoms with Crippen LogP contribution in [0.15, 0.2) is 89.1 Å². The predicted molar refractivity (Wildman–Crippen MR) is 136 cm³/mol. The monoisotopic (exact) mass is 467 g/mol. The van der Waals surface area contributed by atoms with E-state index in [1.807, 2.05) is 55.5 Å². The maximum absolute atomic E-state index is 13.4. The molecule has 1 N–H and O–H groups in total. The lowest BCUT2D eigenvalue weighted by molar-refractivity contribution is -0.115. The largest absolute Gasteiger partial charge is 0.324 e. The van der Waals surface area contributed by atoms with Crippen molar-refractivity contribution in [3.8, 4) is 5.82 Å². The second-order valence-corrected chi connectivity index (χ2v) is 9.18. The van der Waals surface area contributed by atoms with Gasteiger partial charge in [0.1, 0.15) is 5.82 Å². The number of anilines is 1. The Labute approximate surface area is 199 Å². The van der Waals surface area contributed by atoms with Crippen molar-refractivity contribution in [2.75, 3.05) is 5.32 Å². The van der Waals surface area contributed by atoms with Gasteiger partial charge in [-0.1, -0.05) is 30.0 Å². The van der Waals surface area contributed by atoms with E-state index in [0.29, 0.717) is 27.6 Å². The molecule has 34 heavy (non-hydrogen) atoms.